The highest BCUT2D eigenvalue weighted by atomic mass is 16.6. The van der Waals surface area contributed by atoms with Crippen LogP contribution in [0.4, 0.5) is 0 Å². The van der Waals surface area contributed by atoms with Crippen LogP contribution in [0.25, 0.3) is 0 Å². The summed E-state index contributed by atoms with van der Waals surface area (Å²) < 4.78 is 0. The molecule has 1 aromatic carbocycles. The Bertz CT molecular complexity index is 359. The highest BCUT2D eigenvalue weighted by Crippen LogP contribution is 2.17. The lowest BCUT2D eigenvalue weighted by Gasteiger charge is -2.17. The van der Waals surface area contributed by atoms with Crippen LogP contribution in [0.1, 0.15) is 19.4 Å². The van der Waals surface area contributed by atoms with E-state index in [2.05, 4.69) is 0 Å². The molecule has 0 heterocycles. The largest absolute Gasteiger partial charge is 0.292 e. The Morgan fingerprint density at radius 1 is 1.40 bits per heavy atom. The van der Waals surface area contributed by atoms with Crippen molar-refractivity contribution in [2.75, 3.05) is 0 Å². The number of Topliss-reactive ketones (excluding diaryl/α,β-unsaturated/α-hetero) is 1. The first kappa shape index (κ1) is 11.4. The first-order valence-corrected chi connectivity index (χ1v) is 4.66. The summed E-state index contributed by atoms with van der Waals surface area (Å²) in [5, 5.41) is 10.9. The Kier molecular flexibility index (Phi) is 3.19. The molecule has 1 aromatic rings. The van der Waals surface area contributed by atoms with E-state index in [0.29, 0.717) is 0 Å². The second kappa shape index (κ2) is 4.21. The van der Waals surface area contributed by atoms with Crippen molar-refractivity contribution >= 4 is 5.78 Å². The molecule has 0 radical (unpaired) electrons. The third-order valence-corrected chi connectivity index (χ3v) is 2.55. The highest BCUT2D eigenvalue weighted by molar-refractivity contribution is 5.84. The summed E-state index contributed by atoms with van der Waals surface area (Å²) in [4.78, 5) is 21.6. The van der Waals surface area contributed by atoms with Crippen LogP contribution in [-0.4, -0.2) is 16.2 Å². The molecule has 0 N–H and O–H groups in total. The van der Waals surface area contributed by atoms with Crippen molar-refractivity contribution in [1.29, 1.82) is 0 Å². The third kappa shape index (κ3) is 2.40. The molecule has 0 aliphatic heterocycles. The molecule has 4 heteroatoms. The fraction of sp³-hybridized carbons (Fsp3) is 0.364. The quantitative estimate of drug-likeness (QED) is 0.559. The average Bonchev–Trinajstić information content (AvgIpc) is 2.18. The maximum Gasteiger partial charge on any atom is 0.280 e. The van der Waals surface area contributed by atoms with Crippen LogP contribution in [0.5, 0.6) is 0 Å². The predicted octanol–water partition coefficient (Wildman–Crippen LogP) is 1.85. The van der Waals surface area contributed by atoms with Gasteiger partial charge in [-0.25, -0.2) is 0 Å². The minimum Gasteiger partial charge on any atom is -0.292 e. The lowest BCUT2D eigenvalue weighted by Crippen LogP contribution is -2.44. The topological polar surface area (TPSA) is 60.2 Å². The van der Waals surface area contributed by atoms with Gasteiger partial charge in [-0.1, -0.05) is 30.3 Å². The monoisotopic (exact) mass is 207 g/mol. The maximum atomic E-state index is 11.3. The Labute approximate surface area is 88.1 Å². The van der Waals surface area contributed by atoms with Crippen LogP contribution in [0.15, 0.2) is 30.3 Å². The number of ketones is 1. The van der Waals surface area contributed by atoms with Gasteiger partial charge in [0.05, 0.1) is 6.42 Å². The van der Waals surface area contributed by atoms with Crippen molar-refractivity contribution in [3.63, 3.8) is 0 Å². The fourth-order valence-corrected chi connectivity index (χ4v) is 1.31. The second-order valence-corrected chi connectivity index (χ2v) is 3.75. The first-order valence-electron chi connectivity index (χ1n) is 4.66. The van der Waals surface area contributed by atoms with Crippen molar-refractivity contribution in [3.05, 3.63) is 46.0 Å². The van der Waals surface area contributed by atoms with Crippen LogP contribution in [0, 0.1) is 10.1 Å². The number of nitro groups is 1. The summed E-state index contributed by atoms with van der Waals surface area (Å²) in [6, 6.07) is 9.00. The van der Waals surface area contributed by atoms with Gasteiger partial charge in [0.2, 0.25) is 5.78 Å². The van der Waals surface area contributed by atoms with E-state index < -0.39 is 16.2 Å². The Morgan fingerprint density at radius 3 is 2.33 bits per heavy atom. The van der Waals surface area contributed by atoms with Gasteiger partial charge in [0.15, 0.2) is 0 Å². The molecule has 0 spiro atoms. The zero-order valence-electron chi connectivity index (χ0n) is 8.77. The van der Waals surface area contributed by atoms with E-state index in [1.807, 2.05) is 6.07 Å². The number of carbonyl (C=O) groups is 1. The van der Waals surface area contributed by atoms with Crippen molar-refractivity contribution in [3.8, 4) is 0 Å². The molecule has 80 valence electrons. The number of hydrogen-bond acceptors (Lipinski definition) is 3. The number of benzene rings is 1. The molecule has 0 saturated heterocycles. The Morgan fingerprint density at radius 2 is 1.93 bits per heavy atom. The Balaban J connectivity index is 2.95. The van der Waals surface area contributed by atoms with Crippen molar-refractivity contribution in [2.24, 2.45) is 0 Å². The number of rotatable bonds is 4. The van der Waals surface area contributed by atoms with Gasteiger partial charge in [-0.05, 0) is 5.56 Å². The van der Waals surface area contributed by atoms with E-state index in [-0.39, 0.29) is 6.42 Å². The van der Waals surface area contributed by atoms with Gasteiger partial charge in [-0.2, -0.15) is 0 Å². The van der Waals surface area contributed by atoms with Gasteiger partial charge in [0.25, 0.3) is 5.54 Å². The number of carbonyl (C=O) groups excluding carboxylic acids is 1. The second-order valence-electron chi connectivity index (χ2n) is 3.75. The summed E-state index contributed by atoms with van der Waals surface area (Å²) in [6.07, 6.45) is 0.135. The van der Waals surface area contributed by atoms with Crippen LogP contribution in [0.2, 0.25) is 0 Å². The van der Waals surface area contributed by atoms with E-state index in [9.17, 15) is 14.9 Å². The summed E-state index contributed by atoms with van der Waals surface area (Å²) in [7, 11) is 0. The first-order chi connectivity index (χ1) is 6.97. The molecule has 0 aliphatic carbocycles. The van der Waals surface area contributed by atoms with Crippen LogP contribution in [0.3, 0.4) is 0 Å². The third-order valence-electron chi connectivity index (χ3n) is 2.55. The average molecular weight is 207 g/mol. The maximum absolute atomic E-state index is 11.3. The molecule has 1 rings (SSSR count). The fourth-order valence-electron chi connectivity index (χ4n) is 1.31. The van der Waals surface area contributed by atoms with Crippen LogP contribution < -0.4 is 0 Å². The molecule has 4 nitrogen and oxygen atoms in total. The van der Waals surface area contributed by atoms with E-state index >= 15 is 0 Å². The summed E-state index contributed by atoms with van der Waals surface area (Å²) in [5.74, 6) is -0.420. The SMILES string of the molecule is CC(=O)C(C)(Cc1ccccc1)[N+](=O)[O-]. The number of nitrogens with zero attached hydrogens (tertiary/aromatic N) is 1. The van der Waals surface area contributed by atoms with Gasteiger partial charge in [-0.3, -0.25) is 14.9 Å². The highest BCUT2D eigenvalue weighted by Gasteiger charge is 2.42. The van der Waals surface area contributed by atoms with E-state index in [4.69, 9.17) is 0 Å². The van der Waals surface area contributed by atoms with Crippen molar-refractivity contribution in [2.45, 2.75) is 25.8 Å². The standard InChI is InChI=1S/C11H13NO3/c1-9(13)11(2,12(14)15)8-10-6-4-3-5-7-10/h3-7H,8H2,1-2H3. The van der Waals surface area contributed by atoms with Crippen molar-refractivity contribution in [1.82, 2.24) is 0 Å². The minimum absolute atomic E-state index is 0.135. The van der Waals surface area contributed by atoms with Crippen LogP contribution >= 0.6 is 0 Å². The molecule has 0 aliphatic rings. The van der Waals surface area contributed by atoms with E-state index in [0.717, 1.165) is 5.56 Å². The molecule has 1 atom stereocenters. The van der Waals surface area contributed by atoms with Gasteiger partial charge >= 0.3 is 0 Å². The molecule has 15 heavy (non-hydrogen) atoms. The molecule has 0 saturated carbocycles. The van der Waals surface area contributed by atoms with E-state index in [1.54, 1.807) is 24.3 Å². The summed E-state index contributed by atoms with van der Waals surface area (Å²) in [6.45, 7) is 2.62. The zero-order chi connectivity index (χ0) is 11.5. The number of hydrogen-bond donors (Lipinski definition) is 0. The zero-order valence-corrected chi connectivity index (χ0v) is 8.77. The predicted molar refractivity (Wildman–Crippen MR) is 56.2 cm³/mol. The molecule has 0 bridgehead atoms. The van der Waals surface area contributed by atoms with Crippen molar-refractivity contribution < 1.29 is 9.72 Å². The molecule has 0 amide bonds. The van der Waals surface area contributed by atoms with Crippen LogP contribution in [-0.2, 0) is 11.2 Å². The molecule has 1 unspecified atom stereocenters. The Hall–Kier alpha value is -1.71. The summed E-state index contributed by atoms with van der Waals surface area (Å²) >= 11 is 0. The summed E-state index contributed by atoms with van der Waals surface area (Å²) in [5.41, 5.74) is -0.714. The minimum atomic E-state index is -1.51. The van der Waals surface area contributed by atoms with E-state index in [1.165, 1.54) is 13.8 Å². The van der Waals surface area contributed by atoms with Gasteiger partial charge in [0.1, 0.15) is 0 Å². The normalized spacial score (nSPS) is 14.3. The molecular formula is C11H13NO3. The van der Waals surface area contributed by atoms with Gasteiger partial charge in [-0.15, -0.1) is 0 Å². The smallest absolute Gasteiger partial charge is 0.280 e. The lowest BCUT2D eigenvalue weighted by atomic mass is 9.90. The molecule has 0 fully saturated rings. The van der Waals surface area contributed by atoms with Gasteiger partial charge < -0.3 is 0 Å². The van der Waals surface area contributed by atoms with Gasteiger partial charge in [0, 0.05) is 18.8 Å². The molecule has 0 aromatic heterocycles. The molecular weight excluding hydrogens is 194 g/mol. The lowest BCUT2D eigenvalue weighted by molar-refractivity contribution is -0.547.